The van der Waals surface area contributed by atoms with E-state index >= 15 is 0 Å². The first kappa shape index (κ1) is 19.1. The Kier molecular flexibility index (Phi) is 6.83. The SMILES string of the molecule is Cc1ccsc1-c1cccc(C(=O)NCCCN2CCCC[C@H]2CO)c1. The number of amides is 1. The van der Waals surface area contributed by atoms with Crippen LogP contribution in [0.15, 0.2) is 35.7 Å². The first-order valence-electron chi connectivity index (χ1n) is 9.46. The molecule has 1 amide bonds. The first-order chi connectivity index (χ1) is 12.7. The van der Waals surface area contributed by atoms with E-state index < -0.39 is 0 Å². The Morgan fingerprint density at radius 2 is 2.23 bits per heavy atom. The number of carbonyl (C=O) groups excluding carboxylic acids is 1. The summed E-state index contributed by atoms with van der Waals surface area (Å²) in [6, 6.07) is 10.2. The fourth-order valence-electron chi connectivity index (χ4n) is 3.62. The van der Waals surface area contributed by atoms with Gasteiger partial charge in [0.1, 0.15) is 0 Å². The van der Waals surface area contributed by atoms with Crippen molar-refractivity contribution in [3.05, 3.63) is 46.8 Å². The first-order valence-corrected chi connectivity index (χ1v) is 10.3. The summed E-state index contributed by atoms with van der Waals surface area (Å²) in [5, 5.41) is 14.6. The van der Waals surface area contributed by atoms with Crippen LogP contribution in [0, 0.1) is 6.92 Å². The van der Waals surface area contributed by atoms with Crippen molar-refractivity contribution in [2.24, 2.45) is 0 Å². The number of aliphatic hydroxyl groups is 1. The normalized spacial score (nSPS) is 18.0. The lowest BCUT2D eigenvalue weighted by molar-refractivity contribution is 0.0868. The van der Waals surface area contributed by atoms with Crippen molar-refractivity contribution in [1.82, 2.24) is 10.2 Å². The van der Waals surface area contributed by atoms with E-state index in [9.17, 15) is 9.90 Å². The summed E-state index contributed by atoms with van der Waals surface area (Å²) in [4.78, 5) is 16.0. The summed E-state index contributed by atoms with van der Waals surface area (Å²) in [7, 11) is 0. The summed E-state index contributed by atoms with van der Waals surface area (Å²) in [6.45, 7) is 4.98. The Morgan fingerprint density at radius 3 is 3.00 bits per heavy atom. The van der Waals surface area contributed by atoms with E-state index in [4.69, 9.17) is 0 Å². The molecule has 0 radical (unpaired) electrons. The predicted molar refractivity (Wildman–Crippen MR) is 108 cm³/mol. The minimum absolute atomic E-state index is 0.0154. The molecule has 0 saturated carbocycles. The Labute approximate surface area is 159 Å². The van der Waals surface area contributed by atoms with Crippen molar-refractivity contribution in [3.8, 4) is 10.4 Å². The lowest BCUT2D eigenvalue weighted by atomic mass is 10.0. The fraction of sp³-hybridized carbons (Fsp3) is 0.476. The number of likely N-dealkylation sites (tertiary alicyclic amines) is 1. The van der Waals surface area contributed by atoms with Crippen LogP contribution in [0.1, 0.15) is 41.6 Å². The Hall–Kier alpha value is -1.69. The van der Waals surface area contributed by atoms with Gasteiger partial charge in [-0.3, -0.25) is 9.69 Å². The molecule has 3 rings (SSSR count). The van der Waals surface area contributed by atoms with E-state index in [-0.39, 0.29) is 12.5 Å². The van der Waals surface area contributed by atoms with Crippen LogP contribution in [0.25, 0.3) is 10.4 Å². The highest BCUT2D eigenvalue weighted by molar-refractivity contribution is 7.13. The van der Waals surface area contributed by atoms with Crippen LogP contribution in [0.3, 0.4) is 0 Å². The van der Waals surface area contributed by atoms with E-state index in [1.165, 1.54) is 23.3 Å². The average Bonchev–Trinajstić information content (AvgIpc) is 3.11. The molecule has 2 heterocycles. The van der Waals surface area contributed by atoms with E-state index in [0.29, 0.717) is 18.2 Å². The standard InChI is InChI=1S/C21H28N2O2S/c1-16-9-13-26-20(16)17-6-4-7-18(14-17)21(25)22-10-5-12-23-11-3-2-8-19(23)15-24/h4,6-7,9,13-14,19,24H,2-3,5,8,10-12,15H2,1H3,(H,22,25)/t19-/m0/s1. The van der Waals surface area contributed by atoms with Gasteiger partial charge in [-0.1, -0.05) is 18.6 Å². The molecule has 0 spiro atoms. The second kappa shape index (κ2) is 9.31. The molecule has 1 aromatic carbocycles. The average molecular weight is 373 g/mol. The lowest BCUT2D eigenvalue weighted by Gasteiger charge is -2.34. The minimum Gasteiger partial charge on any atom is -0.395 e. The van der Waals surface area contributed by atoms with Gasteiger partial charge in [-0.15, -0.1) is 11.3 Å². The van der Waals surface area contributed by atoms with Crippen LogP contribution in [0.5, 0.6) is 0 Å². The van der Waals surface area contributed by atoms with Gasteiger partial charge < -0.3 is 10.4 Å². The van der Waals surface area contributed by atoms with Crippen molar-refractivity contribution in [2.75, 3.05) is 26.2 Å². The molecular formula is C21H28N2O2S. The number of piperidine rings is 1. The molecule has 0 unspecified atom stereocenters. The zero-order valence-corrected chi connectivity index (χ0v) is 16.2. The van der Waals surface area contributed by atoms with Crippen LogP contribution < -0.4 is 5.32 Å². The van der Waals surface area contributed by atoms with E-state index in [0.717, 1.165) is 31.5 Å². The Balaban J connectivity index is 1.50. The van der Waals surface area contributed by atoms with Crippen LogP contribution in [-0.4, -0.2) is 48.2 Å². The van der Waals surface area contributed by atoms with Crippen molar-refractivity contribution in [1.29, 1.82) is 0 Å². The fourth-order valence-corrected chi connectivity index (χ4v) is 4.54. The second-order valence-electron chi connectivity index (χ2n) is 6.99. The maximum atomic E-state index is 12.5. The van der Waals surface area contributed by atoms with Crippen molar-refractivity contribution < 1.29 is 9.90 Å². The van der Waals surface area contributed by atoms with E-state index in [1.807, 2.05) is 18.2 Å². The third-order valence-corrected chi connectivity index (χ3v) is 6.18. The number of hydrogen-bond acceptors (Lipinski definition) is 4. The third-order valence-electron chi connectivity index (χ3n) is 5.12. The molecule has 1 aromatic heterocycles. The van der Waals surface area contributed by atoms with Crippen molar-refractivity contribution in [2.45, 2.75) is 38.6 Å². The molecule has 0 aliphatic carbocycles. The van der Waals surface area contributed by atoms with Gasteiger partial charge in [0.25, 0.3) is 5.91 Å². The maximum Gasteiger partial charge on any atom is 0.251 e. The number of nitrogens with zero attached hydrogens (tertiary/aromatic N) is 1. The lowest BCUT2D eigenvalue weighted by Crippen LogP contribution is -2.43. The molecule has 140 valence electrons. The number of benzene rings is 1. The molecule has 1 saturated heterocycles. The number of hydrogen-bond donors (Lipinski definition) is 2. The second-order valence-corrected chi connectivity index (χ2v) is 7.91. The van der Waals surface area contributed by atoms with Crippen LogP contribution in [0.4, 0.5) is 0 Å². The quantitative estimate of drug-likeness (QED) is 0.729. The topological polar surface area (TPSA) is 52.6 Å². The molecular weight excluding hydrogens is 344 g/mol. The summed E-state index contributed by atoms with van der Waals surface area (Å²) in [6.07, 6.45) is 4.40. The Bertz CT molecular complexity index is 728. The number of aryl methyl sites for hydroxylation is 1. The van der Waals surface area contributed by atoms with Crippen molar-refractivity contribution >= 4 is 17.2 Å². The van der Waals surface area contributed by atoms with E-state index in [2.05, 4.69) is 34.7 Å². The molecule has 1 atom stereocenters. The minimum atomic E-state index is -0.0154. The molecule has 1 fully saturated rings. The number of rotatable bonds is 7. The largest absolute Gasteiger partial charge is 0.395 e. The highest BCUT2D eigenvalue weighted by atomic mass is 32.1. The summed E-state index contributed by atoms with van der Waals surface area (Å²) in [5.74, 6) is -0.0154. The van der Waals surface area contributed by atoms with Crippen LogP contribution in [-0.2, 0) is 0 Å². The van der Waals surface area contributed by atoms with Gasteiger partial charge in [0.05, 0.1) is 6.61 Å². The van der Waals surface area contributed by atoms with Gasteiger partial charge in [-0.2, -0.15) is 0 Å². The molecule has 1 aliphatic heterocycles. The molecule has 2 aromatic rings. The van der Waals surface area contributed by atoms with Gasteiger partial charge in [0.2, 0.25) is 0 Å². The highest BCUT2D eigenvalue weighted by Crippen LogP contribution is 2.29. The monoisotopic (exact) mass is 372 g/mol. The number of thiophene rings is 1. The van der Waals surface area contributed by atoms with Gasteiger partial charge in [-0.25, -0.2) is 0 Å². The Morgan fingerprint density at radius 1 is 1.35 bits per heavy atom. The molecule has 4 nitrogen and oxygen atoms in total. The van der Waals surface area contributed by atoms with Crippen LogP contribution >= 0.6 is 11.3 Å². The molecule has 26 heavy (non-hydrogen) atoms. The van der Waals surface area contributed by atoms with E-state index in [1.54, 1.807) is 11.3 Å². The number of aliphatic hydroxyl groups excluding tert-OH is 1. The summed E-state index contributed by atoms with van der Waals surface area (Å²) >= 11 is 1.70. The van der Waals surface area contributed by atoms with Gasteiger partial charge >= 0.3 is 0 Å². The molecule has 2 N–H and O–H groups in total. The predicted octanol–water partition coefficient (Wildman–Crippen LogP) is 3.69. The highest BCUT2D eigenvalue weighted by Gasteiger charge is 2.20. The van der Waals surface area contributed by atoms with Gasteiger partial charge in [-0.05, 0) is 67.4 Å². The van der Waals surface area contributed by atoms with Gasteiger partial charge in [0, 0.05) is 29.6 Å². The summed E-state index contributed by atoms with van der Waals surface area (Å²) in [5.41, 5.74) is 3.05. The molecule has 1 aliphatic rings. The smallest absolute Gasteiger partial charge is 0.251 e. The number of carbonyl (C=O) groups is 1. The van der Waals surface area contributed by atoms with Crippen LogP contribution in [0.2, 0.25) is 0 Å². The third kappa shape index (κ3) is 4.72. The number of nitrogens with one attached hydrogen (secondary N) is 1. The van der Waals surface area contributed by atoms with Gasteiger partial charge in [0.15, 0.2) is 0 Å². The van der Waals surface area contributed by atoms with Crippen molar-refractivity contribution in [3.63, 3.8) is 0 Å². The zero-order valence-electron chi connectivity index (χ0n) is 15.4. The maximum absolute atomic E-state index is 12.5. The molecule has 5 heteroatoms. The molecule has 0 bridgehead atoms. The summed E-state index contributed by atoms with van der Waals surface area (Å²) < 4.78 is 0. The zero-order chi connectivity index (χ0) is 18.4.